The molecule has 3 nitrogen and oxygen atoms in total. The van der Waals surface area contributed by atoms with Crippen LogP contribution in [0.1, 0.15) is 44.9 Å². The number of para-hydroxylation sites is 1. The van der Waals surface area contributed by atoms with Crippen LogP contribution in [-0.2, 0) is 17.8 Å². The van der Waals surface area contributed by atoms with Gasteiger partial charge in [-0.2, -0.15) is 0 Å². The van der Waals surface area contributed by atoms with Crippen molar-refractivity contribution in [2.24, 2.45) is 5.92 Å². The molecule has 0 N–H and O–H groups in total. The maximum atomic E-state index is 12.4. The van der Waals surface area contributed by atoms with E-state index in [2.05, 4.69) is 19.9 Å². The highest BCUT2D eigenvalue weighted by Crippen LogP contribution is 2.27. The molecule has 2 rings (SSSR count). The molecule has 1 unspecified atom stereocenters. The lowest BCUT2D eigenvalue weighted by Gasteiger charge is -2.21. The highest BCUT2D eigenvalue weighted by molar-refractivity contribution is 5.83. The molecule has 0 fully saturated rings. The summed E-state index contributed by atoms with van der Waals surface area (Å²) in [4.78, 5) is 14.2. The molecular formula is C18H25NO2. The highest BCUT2D eigenvalue weighted by atomic mass is 16.3. The molecule has 1 aromatic carbocycles. The van der Waals surface area contributed by atoms with Gasteiger partial charge in [-0.25, -0.2) is 0 Å². The Bertz CT molecular complexity index is 615. The molecule has 1 amide bonds. The molecule has 0 aliphatic heterocycles. The van der Waals surface area contributed by atoms with Crippen LogP contribution in [0, 0.1) is 5.92 Å². The fourth-order valence-corrected chi connectivity index (χ4v) is 2.86. The van der Waals surface area contributed by atoms with Crippen LogP contribution in [0.5, 0.6) is 0 Å². The molecule has 0 aliphatic rings. The number of hydrogen-bond acceptors (Lipinski definition) is 2. The molecule has 2 aromatic rings. The number of carbonyl (C=O) groups is 1. The van der Waals surface area contributed by atoms with Crippen molar-refractivity contribution in [1.29, 1.82) is 0 Å². The van der Waals surface area contributed by atoms with Crippen molar-refractivity contribution >= 4 is 16.9 Å². The Kier molecular flexibility index (Phi) is 5.05. The minimum atomic E-state index is 0.0863. The van der Waals surface area contributed by atoms with Crippen LogP contribution in [0.2, 0.25) is 0 Å². The Hall–Kier alpha value is -1.77. The average Bonchev–Trinajstić information content (AvgIpc) is 2.84. The number of rotatable bonds is 6. The standard InChI is InChI=1S/C18H25NO2/c1-5-9-13(3)18(20)19(4)12-15-14-10-7-8-11-17(14)21-16(15)6-2/h7-8,10-11,13H,5-6,9,12H2,1-4H3. The largest absolute Gasteiger partial charge is 0.461 e. The van der Waals surface area contributed by atoms with Gasteiger partial charge in [0.15, 0.2) is 0 Å². The molecule has 1 aromatic heterocycles. The molecule has 0 radical (unpaired) electrons. The zero-order valence-electron chi connectivity index (χ0n) is 13.5. The summed E-state index contributed by atoms with van der Waals surface area (Å²) in [5.41, 5.74) is 2.06. The third-order valence-corrected chi connectivity index (χ3v) is 4.02. The number of furan rings is 1. The molecule has 21 heavy (non-hydrogen) atoms. The highest BCUT2D eigenvalue weighted by Gasteiger charge is 2.20. The van der Waals surface area contributed by atoms with E-state index in [4.69, 9.17) is 4.42 Å². The zero-order valence-corrected chi connectivity index (χ0v) is 13.5. The second-order valence-corrected chi connectivity index (χ2v) is 5.74. The van der Waals surface area contributed by atoms with E-state index < -0.39 is 0 Å². The average molecular weight is 287 g/mol. The first-order valence-corrected chi connectivity index (χ1v) is 7.82. The topological polar surface area (TPSA) is 33.5 Å². The van der Waals surface area contributed by atoms with Crippen LogP contribution in [0.3, 0.4) is 0 Å². The van der Waals surface area contributed by atoms with Crippen molar-refractivity contribution in [1.82, 2.24) is 4.90 Å². The van der Waals surface area contributed by atoms with Crippen LogP contribution in [0.25, 0.3) is 11.0 Å². The van der Waals surface area contributed by atoms with Gasteiger partial charge in [-0.3, -0.25) is 4.79 Å². The third kappa shape index (κ3) is 3.29. The zero-order chi connectivity index (χ0) is 15.4. The fourth-order valence-electron chi connectivity index (χ4n) is 2.86. The predicted molar refractivity (Wildman–Crippen MR) is 86.1 cm³/mol. The maximum absolute atomic E-state index is 12.4. The van der Waals surface area contributed by atoms with Crippen LogP contribution in [-0.4, -0.2) is 17.9 Å². The molecule has 0 aliphatic carbocycles. The molecule has 1 atom stereocenters. The normalized spacial score (nSPS) is 12.6. The van der Waals surface area contributed by atoms with Gasteiger partial charge in [-0.1, -0.05) is 45.4 Å². The Labute approximate surface area is 126 Å². The molecule has 1 heterocycles. The Morgan fingerprint density at radius 3 is 2.67 bits per heavy atom. The van der Waals surface area contributed by atoms with E-state index in [-0.39, 0.29) is 11.8 Å². The number of fused-ring (bicyclic) bond motifs is 1. The van der Waals surface area contributed by atoms with Crippen molar-refractivity contribution in [2.75, 3.05) is 7.05 Å². The van der Waals surface area contributed by atoms with Gasteiger partial charge in [0.25, 0.3) is 0 Å². The van der Waals surface area contributed by atoms with Gasteiger partial charge in [0.1, 0.15) is 11.3 Å². The van der Waals surface area contributed by atoms with Crippen molar-refractivity contribution in [3.8, 4) is 0 Å². The number of nitrogens with zero attached hydrogens (tertiary/aromatic N) is 1. The summed E-state index contributed by atoms with van der Waals surface area (Å²) in [6.07, 6.45) is 2.82. The molecule has 0 spiro atoms. The monoisotopic (exact) mass is 287 g/mol. The predicted octanol–water partition coefficient (Wildman–Crippen LogP) is 4.39. The summed E-state index contributed by atoms with van der Waals surface area (Å²) in [6.45, 7) is 6.83. The second kappa shape index (κ2) is 6.79. The lowest BCUT2D eigenvalue weighted by atomic mass is 10.0. The van der Waals surface area contributed by atoms with E-state index in [9.17, 15) is 4.79 Å². The summed E-state index contributed by atoms with van der Waals surface area (Å²) in [6, 6.07) is 8.05. The van der Waals surface area contributed by atoms with E-state index in [1.54, 1.807) is 0 Å². The van der Waals surface area contributed by atoms with Crippen molar-refractivity contribution < 1.29 is 9.21 Å². The Morgan fingerprint density at radius 1 is 1.29 bits per heavy atom. The number of hydrogen-bond donors (Lipinski definition) is 0. The summed E-state index contributed by atoms with van der Waals surface area (Å²) in [5.74, 6) is 1.28. The first kappa shape index (κ1) is 15.6. The molecular weight excluding hydrogens is 262 g/mol. The van der Waals surface area contributed by atoms with Gasteiger partial charge in [0.05, 0.1) is 0 Å². The second-order valence-electron chi connectivity index (χ2n) is 5.74. The quantitative estimate of drug-likeness (QED) is 0.789. The van der Waals surface area contributed by atoms with Crippen LogP contribution >= 0.6 is 0 Å². The van der Waals surface area contributed by atoms with Gasteiger partial charge < -0.3 is 9.32 Å². The van der Waals surface area contributed by atoms with E-state index >= 15 is 0 Å². The van der Waals surface area contributed by atoms with Gasteiger partial charge >= 0.3 is 0 Å². The molecule has 0 bridgehead atoms. The van der Waals surface area contributed by atoms with Crippen molar-refractivity contribution in [3.05, 3.63) is 35.6 Å². The molecule has 114 valence electrons. The van der Waals surface area contributed by atoms with Crippen molar-refractivity contribution in [2.45, 2.75) is 46.6 Å². The maximum Gasteiger partial charge on any atom is 0.225 e. The van der Waals surface area contributed by atoms with Crippen LogP contribution in [0.15, 0.2) is 28.7 Å². The van der Waals surface area contributed by atoms with Gasteiger partial charge in [-0.15, -0.1) is 0 Å². The fraction of sp³-hybridized carbons (Fsp3) is 0.500. The van der Waals surface area contributed by atoms with Crippen molar-refractivity contribution in [3.63, 3.8) is 0 Å². The number of benzene rings is 1. The van der Waals surface area contributed by atoms with E-state index in [1.807, 2.05) is 37.1 Å². The molecule has 0 saturated carbocycles. The first-order valence-electron chi connectivity index (χ1n) is 7.82. The first-order chi connectivity index (χ1) is 10.1. The molecule has 0 saturated heterocycles. The summed E-state index contributed by atoms with van der Waals surface area (Å²) >= 11 is 0. The lowest BCUT2D eigenvalue weighted by molar-refractivity contribution is -0.134. The van der Waals surface area contributed by atoms with E-state index in [0.717, 1.165) is 41.6 Å². The summed E-state index contributed by atoms with van der Waals surface area (Å²) in [7, 11) is 1.88. The Morgan fingerprint density at radius 2 is 2.00 bits per heavy atom. The van der Waals surface area contributed by atoms with E-state index in [1.165, 1.54) is 0 Å². The number of carbonyl (C=O) groups excluding carboxylic acids is 1. The third-order valence-electron chi connectivity index (χ3n) is 4.02. The number of aryl methyl sites for hydroxylation is 1. The Balaban J connectivity index is 2.24. The summed E-state index contributed by atoms with van der Waals surface area (Å²) in [5, 5.41) is 1.12. The SMILES string of the molecule is CCCC(C)C(=O)N(C)Cc1c(CC)oc2ccccc12. The summed E-state index contributed by atoms with van der Waals surface area (Å²) < 4.78 is 5.90. The molecule has 3 heteroatoms. The van der Waals surface area contributed by atoms with Crippen LogP contribution in [0.4, 0.5) is 0 Å². The smallest absolute Gasteiger partial charge is 0.225 e. The van der Waals surface area contributed by atoms with E-state index in [0.29, 0.717) is 6.54 Å². The minimum Gasteiger partial charge on any atom is -0.461 e. The van der Waals surface area contributed by atoms with Gasteiger partial charge in [0, 0.05) is 36.9 Å². The lowest BCUT2D eigenvalue weighted by Crippen LogP contribution is -2.31. The van der Waals surface area contributed by atoms with Gasteiger partial charge in [0.2, 0.25) is 5.91 Å². The number of amides is 1. The van der Waals surface area contributed by atoms with Gasteiger partial charge in [-0.05, 0) is 12.5 Å². The van der Waals surface area contributed by atoms with Crippen LogP contribution < -0.4 is 0 Å². The minimum absolute atomic E-state index is 0.0863.